The Labute approximate surface area is 79.0 Å². The van der Waals surface area contributed by atoms with E-state index in [0.29, 0.717) is 0 Å². The first kappa shape index (κ1) is 7.74. The second-order valence-corrected chi connectivity index (χ2v) is 4.80. The molecule has 1 aromatic heterocycles. The van der Waals surface area contributed by atoms with Gasteiger partial charge in [0.15, 0.2) is 0 Å². The molecule has 3 heteroatoms. The first-order valence-corrected chi connectivity index (χ1v) is 5.77. The average Bonchev–Trinajstić information content (AvgIpc) is 2.75. The molecule has 1 nitrogen and oxygen atoms in total. The number of aromatic nitrogens is 1. The zero-order valence-corrected chi connectivity index (χ0v) is 8.83. The minimum absolute atomic E-state index is 0.799. The Kier molecular flexibility index (Phi) is 2.02. The molecule has 0 N–H and O–H groups in total. The third kappa shape index (κ3) is 1.49. The highest BCUT2D eigenvalue weighted by Gasteiger charge is 2.28. The molecule has 1 aliphatic carbocycles. The molecule has 0 radical (unpaired) electrons. The Morgan fingerprint density at radius 2 is 2.36 bits per heavy atom. The first-order chi connectivity index (χ1) is 5.31. The highest BCUT2D eigenvalue weighted by Crippen LogP contribution is 2.42. The minimum Gasteiger partial charge on any atom is -0.246 e. The van der Waals surface area contributed by atoms with Crippen LogP contribution >= 0.6 is 27.3 Å². The summed E-state index contributed by atoms with van der Waals surface area (Å²) in [6.45, 7) is 2.09. The third-order valence-corrected chi connectivity index (χ3v) is 3.84. The maximum atomic E-state index is 4.53. The van der Waals surface area contributed by atoms with E-state index in [2.05, 4.69) is 27.8 Å². The van der Waals surface area contributed by atoms with Crippen LogP contribution < -0.4 is 0 Å². The lowest BCUT2D eigenvalue weighted by atomic mass is 10.3. The number of thiazole rings is 1. The molecule has 0 atom stereocenters. The summed E-state index contributed by atoms with van der Waals surface area (Å²) >= 11 is 5.31. The summed E-state index contributed by atoms with van der Waals surface area (Å²) in [7, 11) is 0. The van der Waals surface area contributed by atoms with Crippen LogP contribution in [-0.4, -0.2) is 4.98 Å². The van der Waals surface area contributed by atoms with Gasteiger partial charge in [0.05, 0.1) is 10.7 Å². The fraction of sp³-hybridized carbons (Fsp3) is 0.625. The number of rotatable bonds is 2. The molecule has 2 rings (SSSR count). The topological polar surface area (TPSA) is 12.9 Å². The molecule has 0 aromatic carbocycles. The molecular weight excluding hydrogens is 222 g/mol. The van der Waals surface area contributed by atoms with E-state index in [1.54, 1.807) is 0 Å². The summed E-state index contributed by atoms with van der Waals surface area (Å²) in [5.74, 6) is 0.799. The van der Waals surface area contributed by atoms with Crippen molar-refractivity contribution in [2.75, 3.05) is 0 Å². The lowest BCUT2D eigenvalue weighted by molar-refractivity contribution is 1.01. The summed E-state index contributed by atoms with van der Waals surface area (Å²) in [5, 5.41) is 2.19. The molecule has 0 saturated heterocycles. The Morgan fingerprint density at radius 3 is 2.91 bits per heavy atom. The molecule has 0 aliphatic heterocycles. The second kappa shape index (κ2) is 2.87. The Bertz CT molecular complexity index is 265. The lowest BCUT2D eigenvalue weighted by Gasteiger charge is -1.92. The molecule has 0 unspecified atom stereocenters. The van der Waals surface area contributed by atoms with Crippen molar-refractivity contribution in [1.82, 2.24) is 4.98 Å². The zero-order valence-electron chi connectivity index (χ0n) is 6.43. The Morgan fingerprint density at radius 1 is 1.64 bits per heavy atom. The number of hydrogen-bond donors (Lipinski definition) is 0. The molecule has 1 aromatic rings. The third-order valence-electron chi connectivity index (χ3n) is 1.92. The number of aryl methyl sites for hydroxylation is 1. The normalized spacial score (nSPS) is 17.3. The first-order valence-electron chi connectivity index (χ1n) is 3.83. The van der Waals surface area contributed by atoms with E-state index in [4.69, 9.17) is 0 Å². The van der Waals surface area contributed by atoms with Crippen molar-refractivity contribution in [3.05, 3.63) is 15.6 Å². The molecule has 1 aliphatic rings. The summed E-state index contributed by atoms with van der Waals surface area (Å²) in [6.07, 6.45) is 2.70. The van der Waals surface area contributed by atoms with Gasteiger partial charge in [0.1, 0.15) is 0 Å². The quantitative estimate of drug-likeness (QED) is 0.713. The fourth-order valence-corrected chi connectivity index (χ4v) is 2.76. The minimum atomic E-state index is 0.799. The number of nitrogens with zero attached hydrogens (tertiary/aromatic N) is 1. The number of hydrogen-bond acceptors (Lipinski definition) is 2. The predicted molar refractivity (Wildman–Crippen MR) is 51.5 cm³/mol. The van der Waals surface area contributed by atoms with E-state index in [1.165, 1.54) is 28.4 Å². The van der Waals surface area contributed by atoms with Crippen molar-refractivity contribution < 1.29 is 0 Å². The predicted octanol–water partition coefficient (Wildman–Crippen LogP) is 3.22. The van der Waals surface area contributed by atoms with E-state index in [0.717, 1.165) is 11.2 Å². The molecular formula is C8H10BrNS. The summed E-state index contributed by atoms with van der Waals surface area (Å²) < 4.78 is 0. The largest absolute Gasteiger partial charge is 0.246 e. The van der Waals surface area contributed by atoms with Gasteiger partial charge >= 0.3 is 0 Å². The van der Waals surface area contributed by atoms with Crippen LogP contribution in [0.4, 0.5) is 0 Å². The van der Waals surface area contributed by atoms with Gasteiger partial charge in [0.2, 0.25) is 0 Å². The summed E-state index contributed by atoms with van der Waals surface area (Å²) in [6, 6.07) is 0. The second-order valence-electron chi connectivity index (χ2n) is 2.95. The van der Waals surface area contributed by atoms with Gasteiger partial charge in [-0.25, -0.2) is 4.98 Å². The zero-order chi connectivity index (χ0) is 7.84. The lowest BCUT2D eigenvalue weighted by Crippen LogP contribution is -1.83. The molecule has 0 spiro atoms. The van der Waals surface area contributed by atoms with Crippen LogP contribution in [-0.2, 0) is 5.33 Å². The van der Waals surface area contributed by atoms with E-state index in [1.807, 2.05) is 11.3 Å². The molecule has 1 heterocycles. The van der Waals surface area contributed by atoms with E-state index >= 15 is 0 Å². The van der Waals surface area contributed by atoms with Crippen LogP contribution in [0.1, 0.15) is 34.3 Å². The van der Waals surface area contributed by atoms with Crippen LogP contribution in [0.3, 0.4) is 0 Å². The standard InChI is InChI=1S/C8H10BrNS/c1-5-10-8(6-2-3-6)7(4-9)11-5/h6H,2-4H2,1H3. The van der Waals surface area contributed by atoms with Gasteiger partial charge in [-0.3, -0.25) is 0 Å². The van der Waals surface area contributed by atoms with Crippen molar-refractivity contribution in [2.45, 2.75) is 31.0 Å². The van der Waals surface area contributed by atoms with Crippen LogP contribution in [0.5, 0.6) is 0 Å². The average molecular weight is 232 g/mol. The van der Waals surface area contributed by atoms with Gasteiger partial charge in [0, 0.05) is 16.1 Å². The van der Waals surface area contributed by atoms with Crippen LogP contribution in [0.15, 0.2) is 0 Å². The summed E-state index contributed by atoms with van der Waals surface area (Å²) in [4.78, 5) is 5.97. The van der Waals surface area contributed by atoms with E-state index in [9.17, 15) is 0 Å². The van der Waals surface area contributed by atoms with Crippen LogP contribution in [0.2, 0.25) is 0 Å². The van der Waals surface area contributed by atoms with Gasteiger partial charge in [0.25, 0.3) is 0 Å². The van der Waals surface area contributed by atoms with Crippen molar-refractivity contribution in [1.29, 1.82) is 0 Å². The smallest absolute Gasteiger partial charge is 0.0900 e. The highest BCUT2D eigenvalue weighted by atomic mass is 79.9. The Hall–Kier alpha value is 0.110. The SMILES string of the molecule is Cc1nc(C2CC2)c(CBr)s1. The van der Waals surface area contributed by atoms with Gasteiger partial charge in [-0.15, -0.1) is 11.3 Å². The maximum absolute atomic E-state index is 4.53. The molecule has 1 saturated carbocycles. The van der Waals surface area contributed by atoms with Crippen molar-refractivity contribution in [2.24, 2.45) is 0 Å². The van der Waals surface area contributed by atoms with Crippen molar-refractivity contribution >= 4 is 27.3 Å². The van der Waals surface area contributed by atoms with Gasteiger partial charge in [-0.1, -0.05) is 15.9 Å². The monoisotopic (exact) mass is 231 g/mol. The molecule has 0 amide bonds. The van der Waals surface area contributed by atoms with E-state index in [-0.39, 0.29) is 0 Å². The molecule has 60 valence electrons. The summed E-state index contributed by atoms with van der Waals surface area (Å²) in [5.41, 5.74) is 1.37. The molecule has 11 heavy (non-hydrogen) atoms. The van der Waals surface area contributed by atoms with Gasteiger partial charge in [-0.2, -0.15) is 0 Å². The van der Waals surface area contributed by atoms with Crippen molar-refractivity contribution in [3.63, 3.8) is 0 Å². The number of halogens is 1. The maximum Gasteiger partial charge on any atom is 0.0900 e. The highest BCUT2D eigenvalue weighted by molar-refractivity contribution is 9.08. The van der Waals surface area contributed by atoms with Gasteiger partial charge in [-0.05, 0) is 19.8 Å². The van der Waals surface area contributed by atoms with Crippen LogP contribution in [0, 0.1) is 6.92 Å². The van der Waals surface area contributed by atoms with Gasteiger partial charge < -0.3 is 0 Å². The fourth-order valence-electron chi connectivity index (χ4n) is 1.26. The number of alkyl halides is 1. The molecule has 0 bridgehead atoms. The molecule has 1 fully saturated rings. The van der Waals surface area contributed by atoms with Crippen LogP contribution in [0.25, 0.3) is 0 Å². The Balaban J connectivity index is 2.34. The van der Waals surface area contributed by atoms with E-state index < -0.39 is 0 Å². The van der Waals surface area contributed by atoms with Crippen molar-refractivity contribution in [3.8, 4) is 0 Å².